The topological polar surface area (TPSA) is 49.4 Å². The first-order valence-electron chi connectivity index (χ1n) is 5.77. The smallest absolute Gasteiger partial charge is 0.229 e. The van der Waals surface area contributed by atoms with Gasteiger partial charge in [-0.3, -0.25) is 9.59 Å². The number of carbonyl (C=O) groups excluding carboxylic acids is 2. The van der Waals surface area contributed by atoms with Crippen LogP contribution in [-0.2, 0) is 9.59 Å². The molecule has 1 aliphatic heterocycles. The zero-order chi connectivity index (χ0) is 12.4. The highest BCUT2D eigenvalue weighted by Gasteiger charge is 2.28. The largest absolute Gasteiger partial charge is 0.326 e. The second-order valence-electron chi connectivity index (χ2n) is 4.41. The fourth-order valence-corrected chi connectivity index (χ4v) is 2.01. The Labute approximate surface area is 101 Å². The van der Waals surface area contributed by atoms with Gasteiger partial charge in [-0.2, -0.15) is 0 Å². The maximum Gasteiger partial charge on any atom is 0.229 e. The van der Waals surface area contributed by atoms with Crippen molar-refractivity contribution in [1.29, 1.82) is 0 Å². The quantitative estimate of drug-likeness (QED) is 0.848. The van der Waals surface area contributed by atoms with Crippen LogP contribution in [0, 0.1) is 5.92 Å². The van der Waals surface area contributed by atoms with Gasteiger partial charge in [-0.1, -0.05) is 6.92 Å². The van der Waals surface area contributed by atoms with Gasteiger partial charge in [-0.25, -0.2) is 0 Å². The van der Waals surface area contributed by atoms with Crippen LogP contribution in [0.5, 0.6) is 0 Å². The zero-order valence-corrected chi connectivity index (χ0v) is 10.1. The lowest BCUT2D eigenvalue weighted by Gasteiger charge is -2.16. The molecule has 0 bridgehead atoms. The molecule has 1 unspecified atom stereocenters. The number of rotatable bonds is 2. The number of hydrogen-bond donors (Lipinski definition) is 1. The number of carbonyl (C=O) groups is 2. The molecule has 1 saturated heterocycles. The minimum absolute atomic E-state index is 0.0939. The molecule has 1 aromatic rings. The van der Waals surface area contributed by atoms with Crippen molar-refractivity contribution in [3.05, 3.63) is 24.3 Å². The molecular weight excluding hydrogens is 216 g/mol. The summed E-state index contributed by atoms with van der Waals surface area (Å²) in [6, 6.07) is 7.35. The molecule has 1 aliphatic rings. The summed E-state index contributed by atoms with van der Waals surface area (Å²) in [7, 11) is 0. The third-order valence-electron chi connectivity index (χ3n) is 2.97. The molecule has 0 aromatic heterocycles. The van der Waals surface area contributed by atoms with Crippen molar-refractivity contribution in [3.63, 3.8) is 0 Å². The molecule has 4 heteroatoms. The summed E-state index contributed by atoms with van der Waals surface area (Å²) < 4.78 is 0. The van der Waals surface area contributed by atoms with Crippen LogP contribution in [0.4, 0.5) is 11.4 Å². The van der Waals surface area contributed by atoms with Crippen molar-refractivity contribution in [3.8, 4) is 0 Å². The third kappa shape index (κ3) is 2.46. The maximum absolute atomic E-state index is 11.8. The van der Waals surface area contributed by atoms with Crippen molar-refractivity contribution in [1.82, 2.24) is 0 Å². The van der Waals surface area contributed by atoms with Gasteiger partial charge in [-0.05, 0) is 30.7 Å². The Morgan fingerprint density at radius 1 is 1.35 bits per heavy atom. The molecule has 1 heterocycles. The molecule has 2 amide bonds. The van der Waals surface area contributed by atoms with Crippen LogP contribution < -0.4 is 10.2 Å². The van der Waals surface area contributed by atoms with E-state index in [-0.39, 0.29) is 17.7 Å². The maximum atomic E-state index is 11.8. The Balaban J connectivity index is 2.13. The van der Waals surface area contributed by atoms with E-state index in [2.05, 4.69) is 5.32 Å². The lowest BCUT2D eigenvalue weighted by atomic mass is 10.1. The highest BCUT2D eigenvalue weighted by Crippen LogP contribution is 2.25. The van der Waals surface area contributed by atoms with Crippen molar-refractivity contribution < 1.29 is 9.59 Å². The number of nitrogens with zero attached hydrogens (tertiary/aromatic N) is 1. The van der Waals surface area contributed by atoms with Crippen molar-refractivity contribution in [2.75, 3.05) is 16.8 Å². The molecule has 1 atom stereocenters. The molecule has 17 heavy (non-hydrogen) atoms. The van der Waals surface area contributed by atoms with Gasteiger partial charge in [0.25, 0.3) is 0 Å². The summed E-state index contributed by atoms with van der Waals surface area (Å²) in [5.74, 6) is 0.200. The van der Waals surface area contributed by atoms with E-state index >= 15 is 0 Å². The second kappa shape index (κ2) is 4.57. The minimum Gasteiger partial charge on any atom is -0.326 e. The first-order chi connectivity index (χ1) is 8.08. The van der Waals surface area contributed by atoms with E-state index in [9.17, 15) is 9.59 Å². The molecule has 90 valence electrons. The molecular formula is C13H16N2O2. The Hall–Kier alpha value is -1.84. The van der Waals surface area contributed by atoms with Gasteiger partial charge in [0.05, 0.1) is 0 Å². The standard InChI is InChI=1S/C13H16N2O2/c1-9-7-8-15(13(9)17)12-5-3-11(4-6-12)14-10(2)16/h3-6,9H,7-8H2,1-2H3,(H,14,16). The van der Waals surface area contributed by atoms with E-state index in [0.29, 0.717) is 0 Å². The Morgan fingerprint density at radius 3 is 2.47 bits per heavy atom. The summed E-state index contributed by atoms with van der Waals surface area (Å²) in [6.07, 6.45) is 0.909. The third-order valence-corrected chi connectivity index (χ3v) is 2.97. The van der Waals surface area contributed by atoms with Gasteiger partial charge in [0.15, 0.2) is 0 Å². The summed E-state index contributed by atoms with van der Waals surface area (Å²) in [5, 5.41) is 2.70. The van der Waals surface area contributed by atoms with Gasteiger partial charge in [0.2, 0.25) is 11.8 Å². The van der Waals surface area contributed by atoms with E-state index in [0.717, 1.165) is 24.3 Å². The Bertz CT molecular complexity index is 439. The minimum atomic E-state index is -0.0939. The molecule has 2 rings (SSSR count). The van der Waals surface area contributed by atoms with E-state index in [4.69, 9.17) is 0 Å². The lowest BCUT2D eigenvalue weighted by molar-refractivity contribution is -0.120. The number of anilines is 2. The van der Waals surface area contributed by atoms with Crippen LogP contribution in [0.15, 0.2) is 24.3 Å². The first-order valence-corrected chi connectivity index (χ1v) is 5.77. The van der Waals surface area contributed by atoms with Gasteiger partial charge in [0.1, 0.15) is 0 Å². The molecule has 0 aliphatic carbocycles. The van der Waals surface area contributed by atoms with Crippen LogP contribution in [0.2, 0.25) is 0 Å². The summed E-state index contributed by atoms with van der Waals surface area (Å²) in [5.41, 5.74) is 1.65. The van der Waals surface area contributed by atoms with Crippen molar-refractivity contribution >= 4 is 23.2 Å². The van der Waals surface area contributed by atoms with Crippen molar-refractivity contribution in [2.24, 2.45) is 5.92 Å². The summed E-state index contributed by atoms with van der Waals surface area (Å²) >= 11 is 0. The number of hydrogen-bond acceptors (Lipinski definition) is 2. The highest BCUT2D eigenvalue weighted by molar-refractivity contribution is 5.97. The number of nitrogens with one attached hydrogen (secondary N) is 1. The normalized spacial score (nSPS) is 19.5. The molecule has 0 spiro atoms. The van der Waals surface area contributed by atoms with Crippen LogP contribution in [0.3, 0.4) is 0 Å². The van der Waals surface area contributed by atoms with E-state index in [1.54, 1.807) is 4.90 Å². The van der Waals surface area contributed by atoms with E-state index < -0.39 is 0 Å². The van der Waals surface area contributed by atoms with E-state index in [1.165, 1.54) is 6.92 Å². The zero-order valence-electron chi connectivity index (χ0n) is 10.1. The lowest BCUT2D eigenvalue weighted by Crippen LogP contribution is -2.26. The van der Waals surface area contributed by atoms with Gasteiger partial charge >= 0.3 is 0 Å². The average molecular weight is 232 g/mol. The molecule has 1 fully saturated rings. The average Bonchev–Trinajstić information content (AvgIpc) is 2.60. The van der Waals surface area contributed by atoms with E-state index in [1.807, 2.05) is 31.2 Å². The van der Waals surface area contributed by atoms with Gasteiger partial charge in [0, 0.05) is 30.8 Å². The van der Waals surface area contributed by atoms with Gasteiger partial charge in [-0.15, -0.1) is 0 Å². The van der Waals surface area contributed by atoms with Crippen molar-refractivity contribution in [2.45, 2.75) is 20.3 Å². The predicted octanol–water partition coefficient (Wildman–Crippen LogP) is 2.02. The van der Waals surface area contributed by atoms with Crippen LogP contribution in [-0.4, -0.2) is 18.4 Å². The molecule has 4 nitrogen and oxygen atoms in total. The summed E-state index contributed by atoms with van der Waals surface area (Å²) in [6.45, 7) is 4.20. The van der Waals surface area contributed by atoms with Crippen LogP contribution in [0.25, 0.3) is 0 Å². The second-order valence-corrected chi connectivity index (χ2v) is 4.41. The number of benzene rings is 1. The molecule has 1 aromatic carbocycles. The fraction of sp³-hybridized carbons (Fsp3) is 0.385. The fourth-order valence-electron chi connectivity index (χ4n) is 2.01. The monoisotopic (exact) mass is 232 g/mol. The van der Waals surface area contributed by atoms with Gasteiger partial charge < -0.3 is 10.2 Å². The Kier molecular flexibility index (Phi) is 3.13. The Morgan fingerprint density at radius 2 is 2.00 bits per heavy atom. The summed E-state index contributed by atoms with van der Waals surface area (Å²) in [4.78, 5) is 24.5. The SMILES string of the molecule is CC(=O)Nc1ccc(N2CCC(C)C2=O)cc1. The molecule has 0 radical (unpaired) electrons. The molecule has 1 N–H and O–H groups in total. The predicted molar refractivity (Wildman–Crippen MR) is 66.9 cm³/mol. The van der Waals surface area contributed by atoms with Crippen LogP contribution >= 0.6 is 0 Å². The number of amides is 2. The molecule has 0 saturated carbocycles. The highest BCUT2D eigenvalue weighted by atomic mass is 16.2. The first kappa shape index (κ1) is 11.6. The van der Waals surface area contributed by atoms with Crippen LogP contribution in [0.1, 0.15) is 20.3 Å².